The van der Waals surface area contributed by atoms with Crippen LogP contribution in [-0.4, -0.2) is 25.4 Å². The number of Topliss-reactive ketones (excluding diaryl/α,β-unsaturated/α-hetero) is 1. The molecule has 0 atom stereocenters. The third-order valence-corrected chi connectivity index (χ3v) is 3.94. The van der Waals surface area contributed by atoms with Crippen LogP contribution in [0.1, 0.15) is 45.4 Å². The van der Waals surface area contributed by atoms with Crippen molar-refractivity contribution in [2.45, 2.75) is 50.3 Å². The molecule has 0 radical (unpaired) electrons. The van der Waals surface area contributed by atoms with Gasteiger partial charge in [0.25, 0.3) is 0 Å². The van der Waals surface area contributed by atoms with Gasteiger partial charge in [0.05, 0.1) is 4.90 Å². The minimum absolute atomic E-state index is 0. The molecule has 1 aromatic rings. The maximum atomic E-state index is 11.7. The summed E-state index contributed by atoms with van der Waals surface area (Å²) in [4.78, 5) is 11.2. The van der Waals surface area contributed by atoms with E-state index in [0.717, 1.165) is 25.7 Å². The number of hydrogen-bond acceptors (Lipinski definition) is 5. The number of hydrogen-bond donors (Lipinski definition) is 0. The molecule has 0 bridgehead atoms. The summed E-state index contributed by atoms with van der Waals surface area (Å²) in [6, 6.07) is 5.54. The van der Waals surface area contributed by atoms with Crippen molar-refractivity contribution in [2.75, 3.05) is 6.61 Å². The second-order valence-corrected chi connectivity index (χ2v) is 6.24. The Labute approximate surface area is 154 Å². The van der Waals surface area contributed by atoms with Gasteiger partial charge in [-0.2, -0.15) is 0 Å². The zero-order valence-electron chi connectivity index (χ0n) is 13.2. The van der Waals surface area contributed by atoms with E-state index in [9.17, 15) is 17.8 Å². The molecule has 1 rings (SSSR count). The molecule has 118 valence electrons. The van der Waals surface area contributed by atoms with Gasteiger partial charge < -0.3 is 9.29 Å². The van der Waals surface area contributed by atoms with E-state index < -0.39 is 15.0 Å². The van der Waals surface area contributed by atoms with Gasteiger partial charge in [-0.25, -0.2) is 8.42 Å². The topological polar surface area (TPSA) is 83.5 Å². The SMILES string of the molecule is CCCCCCCC(=O)COc1ccccc1S(=O)(=O)[O-].[Na+]. The Morgan fingerprint density at radius 3 is 2.41 bits per heavy atom. The molecule has 1 aromatic carbocycles. The number of carbonyl (C=O) groups excluding carboxylic acids is 1. The Kier molecular flexibility index (Phi) is 11.0. The number of carbonyl (C=O) groups is 1. The largest absolute Gasteiger partial charge is 1.00 e. The first-order valence-electron chi connectivity index (χ1n) is 7.14. The summed E-state index contributed by atoms with van der Waals surface area (Å²) < 4.78 is 38.3. The van der Waals surface area contributed by atoms with Crippen molar-refractivity contribution in [3.8, 4) is 5.75 Å². The van der Waals surface area contributed by atoms with Crippen molar-refractivity contribution in [3.05, 3.63) is 24.3 Å². The monoisotopic (exact) mass is 336 g/mol. The Morgan fingerprint density at radius 1 is 1.14 bits per heavy atom. The molecule has 0 aliphatic rings. The van der Waals surface area contributed by atoms with Crippen LogP contribution in [0.3, 0.4) is 0 Å². The molecule has 0 N–H and O–H groups in total. The van der Waals surface area contributed by atoms with E-state index in [0.29, 0.717) is 6.42 Å². The number of benzene rings is 1. The third-order valence-electron chi connectivity index (χ3n) is 3.07. The fraction of sp³-hybridized carbons (Fsp3) is 0.533. The Bertz CT molecular complexity index is 557. The van der Waals surface area contributed by atoms with E-state index in [2.05, 4.69) is 6.92 Å². The molecule has 0 saturated carbocycles. The Balaban J connectivity index is 0.00000441. The van der Waals surface area contributed by atoms with Crippen molar-refractivity contribution in [1.29, 1.82) is 0 Å². The van der Waals surface area contributed by atoms with E-state index in [1.165, 1.54) is 24.6 Å². The zero-order valence-corrected chi connectivity index (χ0v) is 16.0. The number of para-hydroxylation sites is 1. The molecule has 0 aliphatic carbocycles. The molecule has 0 fully saturated rings. The molecule has 0 aliphatic heterocycles. The fourth-order valence-corrected chi connectivity index (χ4v) is 2.55. The first kappa shape index (κ1) is 21.6. The minimum atomic E-state index is -4.59. The number of rotatable bonds is 10. The van der Waals surface area contributed by atoms with Gasteiger partial charge in [0.2, 0.25) is 0 Å². The van der Waals surface area contributed by atoms with Crippen LogP contribution < -0.4 is 34.3 Å². The summed E-state index contributed by atoms with van der Waals surface area (Å²) in [6.45, 7) is 1.92. The van der Waals surface area contributed by atoms with Gasteiger partial charge in [0, 0.05) is 6.42 Å². The van der Waals surface area contributed by atoms with Crippen LogP contribution in [0.2, 0.25) is 0 Å². The van der Waals surface area contributed by atoms with Crippen molar-refractivity contribution >= 4 is 15.9 Å². The van der Waals surface area contributed by atoms with E-state index in [1.807, 2.05) is 0 Å². The number of ether oxygens (including phenoxy) is 1. The van der Waals surface area contributed by atoms with Crippen LogP contribution in [0, 0.1) is 0 Å². The maximum Gasteiger partial charge on any atom is 1.00 e. The molecule has 5 nitrogen and oxygen atoms in total. The Morgan fingerprint density at radius 2 is 1.77 bits per heavy atom. The number of ketones is 1. The molecule has 0 aromatic heterocycles. The third kappa shape index (κ3) is 8.29. The van der Waals surface area contributed by atoms with E-state index in [1.54, 1.807) is 6.07 Å². The van der Waals surface area contributed by atoms with Crippen LogP contribution in [0.4, 0.5) is 0 Å². The van der Waals surface area contributed by atoms with E-state index in [4.69, 9.17) is 4.74 Å². The van der Waals surface area contributed by atoms with Crippen molar-refractivity contribution in [1.82, 2.24) is 0 Å². The van der Waals surface area contributed by atoms with Gasteiger partial charge in [-0.05, 0) is 18.6 Å². The molecule has 0 spiro atoms. The maximum absolute atomic E-state index is 11.7. The zero-order chi connectivity index (χ0) is 15.7. The van der Waals surface area contributed by atoms with Gasteiger partial charge in [0.1, 0.15) is 22.5 Å². The predicted octanol–water partition coefficient (Wildman–Crippen LogP) is -0.0969. The molecular weight excluding hydrogens is 315 g/mol. The summed E-state index contributed by atoms with van der Waals surface area (Å²) in [5.74, 6) is -0.156. The van der Waals surface area contributed by atoms with Crippen LogP contribution >= 0.6 is 0 Å². The van der Waals surface area contributed by atoms with Crippen LogP contribution in [0.5, 0.6) is 5.75 Å². The van der Waals surface area contributed by atoms with Crippen LogP contribution in [0.25, 0.3) is 0 Å². The average Bonchev–Trinajstić information content (AvgIpc) is 2.44. The summed E-state index contributed by atoms with van der Waals surface area (Å²) >= 11 is 0. The summed E-state index contributed by atoms with van der Waals surface area (Å²) in [6.07, 6.45) is 5.66. The van der Waals surface area contributed by atoms with Crippen molar-refractivity contribution in [3.63, 3.8) is 0 Å². The molecule has 0 unspecified atom stereocenters. The van der Waals surface area contributed by atoms with Gasteiger partial charge in [0.15, 0.2) is 5.78 Å². The smallest absolute Gasteiger partial charge is 0.744 e. The van der Waals surface area contributed by atoms with Crippen molar-refractivity contribution < 1.29 is 52.1 Å². The molecule has 0 amide bonds. The molecular formula is C15H21NaO5S. The van der Waals surface area contributed by atoms with Gasteiger partial charge >= 0.3 is 29.6 Å². The predicted molar refractivity (Wildman–Crippen MR) is 78.3 cm³/mol. The summed E-state index contributed by atoms with van der Waals surface area (Å²) in [5.41, 5.74) is 0. The van der Waals surface area contributed by atoms with Crippen molar-refractivity contribution in [2.24, 2.45) is 0 Å². The molecule has 0 heterocycles. The Hall–Kier alpha value is -0.400. The normalized spacial score (nSPS) is 10.8. The molecule has 0 saturated heterocycles. The standard InChI is InChI=1S/C15H22O5S.Na/c1-2-3-4-5-6-9-13(16)12-20-14-10-7-8-11-15(14)21(17,18)19;/h7-8,10-11H,2-6,9,12H2,1H3,(H,17,18,19);/q;+1/p-1. The molecule has 7 heteroatoms. The van der Waals surface area contributed by atoms with E-state index in [-0.39, 0.29) is 47.7 Å². The van der Waals surface area contributed by atoms with Gasteiger partial charge in [-0.3, -0.25) is 4.79 Å². The first-order valence-corrected chi connectivity index (χ1v) is 8.55. The second-order valence-electron chi connectivity index (χ2n) is 4.89. The van der Waals surface area contributed by atoms with E-state index >= 15 is 0 Å². The van der Waals surface area contributed by atoms with Gasteiger partial charge in [-0.15, -0.1) is 0 Å². The summed E-state index contributed by atoms with van der Waals surface area (Å²) in [5, 5.41) is 0. The minimum Gasteiger partial charge on any atom is -0.744 e. The van der Waals surface area contributed by atoms with Crippen LogP contribution in [-0.2, 0) is 14.9 Å². The van der Waals surface area contributed by atoms with Gasteiger partial charge in [-0.1, -0.05) is 44.7 Å². The van der Waals surface area contributed by atoms with Crippen LogP contribution in [0.15, 0.2) is 29.2 Å². The summed E-state index contributed by atoms with van der Waals surface area (Å²) in [7, 11) is -4.59. The quantitative estimate of drug-likeness (QED) is 0.339. The number of unbranched alkanes of at least 4 members (excludes halogenated alkanes) is 4. The second kappa shape index (κ2) is 11.2. The molecule has 22 heavy (non-hydrogen) atoms. The first-order chi connectivity index (χ1) is 9.95. The fourth-order valence-electron chi connectivity index (χ4n) is 1.93. The average molecular weight is 336 g/mol.